The van der Waals surface area contributed by atoms with Crippen LogP contribution in [0.1, 0.15) is 68.2 Å². The molecule has 0 radical (unpaired) electrons. The normalized spacial score (nSPS) is 16.6. The standard InChI is InChI=1S/C40H41F2NO5/c1-39(2,3)36(30-10-7-11-33(24-30)43-38(46)47-26-29-8-5-4-6-9-29)35-34(44)25-40(48-37(35)45,22-20-27-12-16-31(41)17-13-27)23-21-28-14-18-32(42)19-15-28/h4-19,24,35-36H,20-23,25-26H2,1-3H3,(H,43,46). The molecule has 1 aliphatic heterocycles. The van der Waals surface area contributed by atoms with E-state index in [1.54, 1.807) is 42.5 Å². The monoisotopic (exact) mass is 653 g/mol. The number of rotatable bonds is 11. The van der Waals surface area contributed by atoms with Crippen LogP contribution in [0.3, 0.4) is 0 Å². The molecule has 0 saturated carbocycles. The maximum Gasteiger partial charge on any atom is 0.411 e. The zero-order chi connectivity index (χ0) is 34.3. The number of benzene rings is 4. The number of carbonyl (C=O) groups excluding carboxylic acids is 3. The lowest BCUT2D eigenvalue weighted by Gasteiger charge is -2.44. The summed E-state index contributed by atoms with van der Waals surface area (Å²) in [5.41, 5.74) is 2.16. The fraction of sp³-hybridized carbons (Fsp3) is 0.325. The second-order valence-electron chi connectivity index (χ2n) is 13.6. The third kappa shape index (κ3) is 8.94. The van der Waals surface area contributed by atoms with E-state index in [-0.39, 0.29) is 30.4 Å². The first-order chi connectivity index (χ1) is 22.9. The summed E-state index contributed by atoms with van der Waals surface area (Å²) in [4.78, 5) is 40.8. The number of ketones is 1. The number of hydrogen-bond donors (Lipinski definition) is 1. The number of esters is 1. The number of halogens is 2. The number of anilines is 1. The van der Waals surface area contributed by atoms with Crippen LogP contribution in [-0.4, -0.2) is 23.4 Å². The van der Waals surface area contributed by atoms with Crippen LogP contribution in [0.2, 0.25) is 0 Å². The third-order valence-corrected chi connectivity index (χ3v) is 8.95. The average molecular weight is 654 g/mol. The van der Waals surface area contributed by atoms with Gasteiger partial charge in [-0.1, -0.05) is 87.5 Å². The van der Waals surface area contributed by atoms with Gasteiger partial charge in [0.2, 0.25) is 0 Å². The van der Waals surface area contributed by atoms with Gasteiger partial charge in [0.25, 0.3) is 0 Å². The summed E-state index contributed by atoms with van der Waals surface area (Å²) >= 11 is 0. The Morgan fingerprint density at radius 3 is 1.96 bits per heavy atom. The highest BCUT2D eigenvalue weighted by Gasteiger charge is 2.51. The first-order valence-corrected chi connectivity index (χ1v) is 16.2. The molecule has 1 amide bonds. The predicted octanol–water partition coefficient (Wildman–Crippen LogP) is 8.98. The summed E-state index contributed by atoms with van der Waals surface area (Å²) in [6.07, 6.45) is 1.09. The number of amides is 1. The van der Waals surface area contributed by atoms with Crippen LogP contribution < -0.4 is 5.32 Å². The quantitative estimate of drug-likeness (QED) is 0.129. The van der Waals surface area contributed by atoms with E-state index in [1.165, 1.54) is 24.3 Å². The molecule has 2 unspecified atom stereocenters. The van der Waals surface area contributed by atoms with Crippen molar-refractivity contribution in [3.8, 4) is 0 Å². The first-order valence-electron chi connectivity index (χ1n) is 16.2. The maximum atomic E-state index is 14.2. The highest BCUT2D eigenvalue weighted by molar-refractivity contribution is 6.02. The van der Waals surface area contributed by atoms with E-state index in [1.807, 2.05) is 57.2 Å². The Labute approximate surface area is 280 Å². The Hall–Kier alpha value is -4.85. The molecule has 1 heterocycles. The summed E-state index contributed by atoms with van der Waals surface area (Å²) in [5, 5.41) is 2.76. The minimum absolute atomic E-state index is 0.0160. The number of hydrogen-bond acceptors (Lipinski definition) is 5. The summed E-state index contributed by atoms with van der Waals surface area (Å²) in [6, 6.07) is 28.7. The van der Waals surface area contributed by atoms with E-state index in [4.69, 9.17) is 9.47 Å². The highest BCUT2D eigenvalue weighted by Crippen LogP contribution is 2.47. The second-order valence-corrected chi connectivity index (χ2v) is 13.6. The summed E-state index contributed by atoms with van der Waals surface area (Å²) < 4.78 is 38.8. The molecule has 0 bridgehead atoms. The van der Waals surface area contributed by atoms with Crippen LogP contribution in [-0.2, 0) is 38.5 Å². The molecule has 2 atom stereocenters. The van der Waals surface area contributed by atoms with E-state index >= 15 is 0 Å². The predicted molar refractivity (Wildman–Crippen MR) is 180 cm³/mol. The molecular formula is C40H41F2NO5. The number of Topliss-reactive ketones (excluding diaryl/α,β-unsaturated/α-hetero) is 1. The Bertz CT molecular complexity index is 1650. The molecule has 0 spiro atoms. The molecule has 250 valence electrons. The Morgan fingerprint density at radius 1 is 0.833 bits per heavy atom. The summed E-state index contributed by atoms with van der Waals surface area (Å²) in [7, 11) is 0. The lowest BCUT2D eigenvalue weighted by atomic mass is 9.65. The van der Waals surface area contributed by atoms with Crippen molar-refractivity contribution in [3.05, 3.63) is 137 Å². The van der Waals surface area contributed by atoms with Gasteiger partial charge in [-0.3, -0.25) is 14.9 Å². The minimum Gasteiger partial charge on any atom is -0.458 e. The van der Waals surface area contributed by atoms with Crippen molar-refractivity contribution in [2.75, 3.05) is 5.32 Å². The molecule has 0 aliphatic carbocycles. The molecule has 4 aromatic carbocycles. The van der Waals surface area contributed by atoms with E-state index in [0.717, 1.165) is 16.7 Å². The number of nitrogens with one attached hydrogen (secondary N) is 1. The van der Waals surface area contributed by atoms with Crippen molar-refractivity contribution in [1.82, 2.24) is 0 Å². The molecule has 1 aliphatic rings. The summed E-state index contributed by atoms with van der Waals surface area (Å²) in [6.45, 7) is 6.02. The van der Waals surface area contributed by atoms with Gasteiger partial charge in [0.15, 0.2) is 5.78 Å². The second kappa shape index (κ2) is 14.9. The molecule has 8 heteroatoms. The van der Waals surface area contributed by atoms with E-state index in [0.29, 0.717) is 36.9 Å². The Balaban J connectivity index is 1.35. The van der Waals surface area contributed by atoms with Gasteiger partial charge in [-0.15, -0.1) is 0 Å². The molecule has 48 heavy (non-hydrogen) atoms. The van der Waals surface area contributed by atoms with Crippen molar-refractivity contribution >= 4 is 23.5 Å². The zero-order valence-electron chi connectivity index (χ0n) is 27.5. The molecular weight excluding hydrogens is 612 g/mol. The highest BCUT2D eigenvalue weighted by atomic mass is 19.1. The fourth-order valence-electron chi connectivity index (χ4n) is 6.52. The molecule has 5 rings (SSSR count). The van der Waals surface area contributed by atoms with Crippen molar-refractivity contribution in [1.29, 1.82) is 0 Å². The van der Waals surface area contributed by atoms with Crippen molar-refractivity contribution in [2.24, 2.45) is 11.3 Å². The van der Waals surface area contributed by atoms with Crippen LogP contribution in [0.25, 0.3) is 0 Å². The topological polar surface area (TPSA) is 81.7 Å². The molecule has 1 fully saturated rings. The van der Waals surface area contributed by atoms with Gasteiger partial charge in [0, 0.05) is 18.0 Å². The van der Waals surface area contributed by atoms with E-state index in [2.05, 4.69) is 5.32 Å². The van der Waals surface area contributed by atoms with E-state index in [9.17, 15) is 23.2 Å². The van der Waals surface area contributed by atoms with Gasteiger partial charge in [-0.2, -0.15) is 0 Å². The van der Waals surface area contributed by atoms with Gasteiger partial charge in [-0.05, 0) is 89.8 Å². The zero-order valence-corrected chi connectivity index (χ0v) is 27.5. The van der Waals surface area contributed by atoms with Crippen molar-refractivity contribution in [3.63, 3.8) is 0 Å². The van der Waals surface area contributed by atoms with Gasteiger partial charge < -0.3 is 9.47 Å². The third-order valence-electron chi connectivity index (χ3n) is 8.95. The lowest BCUT2D eigenvalue weighted by Crippen LogP contribution is -2.51. The molecule has 1 saturated heterocycles. The number of ether oxygens (including phenoxy) is 2. The maximum absolute atomic E-state index is 14.2. The van der Waals surface area contributed by atoms with Crippen molar-refractivity contribution < 1.29 is 32.6 Å². The largest absolute Gasteiger partial charge is 0.458 e. The number of carbonyl (C=O) groups is 3. The van der Waals surface area contributed by atoms with Gasteiger partial charge in [0.1, 0.15) is 29.8 Å². The van der Waals surface area contributed by atoms with E-state index < -0.39 is 34.9 Å². The molecule has 4 aromatic rings. The molecule has 0 aromatic heterocycles. The van der Waals surface area contributed by atoms with Gasteiger partial charge in [0.05, 0.1) is 0 Å². The van der Waals surface area contributed by atoms with Crippen LogP contribution in [0.5, 0.6) is 0 Å². The van der Waals surface area contributed by atoms with Gasteiger partial charge in [-0.25, -0.2) is 13.6 Å². The minimum atomic E-state index is -1.08. The van der Waals surface area contributed by atoms with Crippen molar-refractivity contribution in [2.45, 2.75) is 71.0 Å². The Kier molecular flexibility index (Phi) is 10.7. The Morgan fingerprint density at radius 2 is 1.42 bits per heavy atom. The smallest absolute Gasteiger partial charge is 0.411 e. The van der Waals surface area contributed by atoms with Gasteiger partial charge >= 0.3 is 12.1 Å². The van der Waals surface area contributed by atoms with Crippen LogP contribution in [0, 0.1) is 23.0 Å². The lowest BCUT2D eigenvalue weighted by molar-refractivity contribution is -0.181. The van der Waals surface area contributed by atoms with Crippen LogP contribution in [0.15, 0.2) is 103 Å². The molecule has 6 nitrogen and oxygen atoms in total. The van der Waals surface area contributed by atoms with Crippen LogP contribution in [0.4, 0.5) is 19.3 Å². The average Bonchev–Trinajstić information content (AvgIpc) is 3.05. The molecule has 1 N–H and O–H groups in total. The number of cyclic esters (lactones) is 1. The van der Waals surface area contributed by atoms with Crippen LogP contribution >= 0.6 is 0 Å². The summed E-state index contributed by atoms with van der Waals surface area (Å²) in [5.74, 6) is -3.11. The SMILES string of the molecule is CC(C)(C)C(c1cccc(NC(=O)OCc2ccccc2)c1)C1C(=O)CC(CCc2ccc(F)cc2)(CCc2ccc(F)cc2)OC1=O. The fourth-order valence-corrected chi connectivity index (χ4v) is 6.52. The number of aryl methyl sites for hydroxylation is 2. The first kappa shape index (κ1) is 34.5.